The highest BCUT2D eigenvalue weighted by molar-refractivity contribution is 5.81. The van der Waals surface area contributed by atoms with Crippen molar-refractivity contribution in [1.29, 1.82) is 0 Å². The molecule has 3 heteroatoms. The van der Waals surface area contributed by atoms with E-state index in [2.05, 4.69) is 27.4 Å². The van der Waals surface area contributed by atoms with E-state index in [0.717, 1.165) is 11.0 Å². The third kappa shape index (κ3) is 37.3. The summed E-state index contributed by atoms with van der Waals surface area (Å²) in [5.74, 6) is -0.259. The first-order valence-electron chi connectivity index (χ1n) is 23.8. The summed E-state index contributed by atoms with van der Waals surface area (Å²) in [5.41, 5.74) is 0. The molecule has 0 rings (SSSR count). The van der Waals surface area contributed by atoms with E-state index >= 15 is 0 Å². The molecule has 0 aromatic rings. The van der Waals surface area contributed by atoms with Crippen molar-refractivity contribution in [3.63, 3.8) is 0 Å². The molecule has 0 saturated heterocycles. The van der Waals surface area contributed by atoms with E-state index in [1.807, 2.05) is 0 Å². The van der Waals surface area contributed by atoms with Crippen molar-refractivity contribution in [3.8, 4) is 0 Å². The van der Waals surface area contributed by atoms with E-state index in [0.29, 0.717) is 6.61 Å². The first kappa shape index (κ1) is 50.2. The van der Waals surface area contributed by atoms with Crippen LogP contribution in [0.5, 0.6) is 0 Å². The minimum atomic E-state index is -0.259. The Balaban J connectivity index is 4.73. The molecule has 0 saturated carbocycles. The fourth-order valence-corrected chi connectivity index (χ4v) is 8.11. The van der Waals surface area contributed by atoms with Gasteiger partial charge in [-0.3, -0.25) is 0 Å². The van der Waals surface area contributed by atoms with Gasteiger partial charge in [-0.15, -0.1) is 0 Å². The molecule has 51 heavy (non-hydrogen) atoms. The largest absolute Gasteiger partial charge is 0.457 e. The van der Waals surface area contributed by atoms with Crippen LogP contribution < -0.4 is 0 Å². The lowest BCUT2D eigenvalue weighted by atomic mass is 10.0. The van der Waals surface area contributed by atoms with Crippen LogP contribution in [0.2, 0.25) is 0 Å². The highest BCUT2D eigenvalue weighted by Gasteiger charge is 2.26. The Morgan fingerprint density at radius 2 is 0.588 bits per heavy atom. The highest BCUT2D eigenvalue weighted by atomic mass is 16.5. The molecule has 0 heterocycles. The summed E-state index contributed by atoms with van der Waals surface area (Å²) in [4.78, 5) is 12.0. The molecule has 0 aromatic heterocycles. The molecule has 0 amide bonds. The topological polar surface area (TPSA) is 26.3 Å². The van der Waals surface area contributed by atoms with Crippen LogP contribution in [0, 0.1) is 0 Å². The zero-order valence-electron chi connectivity index (χ0n) is 35.7. The van der Waals surface area contributed by atoms with Crippen molar-refractivity contribution < 1.29 is 14.0 Å². The average Bonchev–Trinajstić information content (AvgIpc) is 3.14. The summed E-state index contributed by atoms with van der Waals surface area (Å²) in [6, 6.07) is 0. The number of hydrogen-bond donors (Lipinski definition) is 0. The molecule has 0 atom stereocenters. The van der Waals surface area contributed by atoms with Crippen molar-refractivity contribution in [3.05, 3.63) is 12.7 Å². The molecule has 0 aromatic carbocycles. The molecule has 0 aliphatic rings. The van der Waals surface area contributed by atoms with Crippen LogP contribution in [0.1, 0.15) is 258 Å². The second kappa shape index (κ2) is 41.9. The first-order chi connectivity index (χ1) is 25.1. The first-order valence-corrected chi connectivity index (χ1v) is 23.8. The summed E-state index contributed by atoms with van der Waals surface area (Å²) >= 11 is 0. The highest BCUT2D eigenvalue weighted by Crippen LogP contribution is 2.20. The van der Waals surface area contributed by atoms with Crippen LogP contribution in [0.3, 0.4) is 0 Å². The van der Waals surface area contributed by atoms with Crippen molar-refractivity contribution in [2.24, 2.45) is 0 Å². The van der Waals surface area contributed by atoms with Crippen LogP contribution in [0.4, 0.5) is 0 Å². The van der Waals surface area contributed by atoms with Gasteiger partial charge in [-0.25, -0.2) is 4.79 Å². The smallest absolute Gasteiger partial charge is 0.330 e. The normalized spacial score (nSPS) is 11.7. The standard InChI is InChI=1S/C48H96NO2/c1-5-9-12-15-18-21-24-27-30-33-36-39-42-45-49(46-47-51-48(50)8-4,43-40-37-34-31-28-25-22-19-16-13-10-6-2)44-41-38-35-32-29-26-23-20-17-14-11-7-3/h8H,4-7,9-47H2,1-3H3/q+1. The molecule has 0 spiro atoms. The van der Waals surface area contributed by atoms with Crippen LogP contribution in [-0.4, -0.2) is 43.2 Å². The summed E-state index contributed by atoms with van der Waals surface area (Å²) in [7, 11) is 0. The predicted molar refractivity (Wildman–Crippen MR) is 229 cm³/mol. The predicted octanol–water partition coefficient (Wildman–Crippen LogP) is 16.0. The molecule has 304 valence electrons. The molecule has 0 aliphatic heterocycles. The van der Waals surface area contributed by atoms with Crippen LogP contribution in [0.15, 0.2) is 12.7 Å². The van der Waals surface area contributed by atoms with Gasteiger partial charge in [0.2, 0.25) is 0 Å². The van der Waals surface area contributed by atoms with Crippen LogP contribution >= 0.6 is 0 Å². The fourth-order valence-electron chi connectivity index (χ4n) is 8.11. The Kier molecular flexibility index (Phi) is 41.2. The third-order valence-corrected chi connectivity index (χ3v) is 11.7. The van der Waals surface area contributed by atoms with Crippen molar-refractivity contribution in [2.45, 2.75) is 258 Å². The molecule has 0 N–H and O–H groups in total. The van der Waals surface area contributed by atoms with Gasteiger partial charge in [-0.2, -0.15) is 0 Å². The van der Waals surface area contributed by atoms with E-state index < -0.39 is 0 Å². The van der Waals surface area contributed by atoms with Crippen molar-refractivity contribution in [1.82, 2.24) is 0 Å². The number of carbonyl (C=O) groups excluding carboxylic acids is 1. The van der Waals surface area contributed by atoms with Crippen LogP contribution in [0.25, 0.3) is 0 Å². The molecular weight excluding hydrogens is 623 g/mol. The van der Waals surface area contributed by atoms with Gasteiger partial charge in [0.05, 0.1) is 19.6 Å². The summed E-state index contributed by atoms with van der Waals surface area (Å²) in [6.45, 7) is 15.9. The fraction of sp³-hybridized carbons (Fsp3) is 0.938. The summed E-state index contributed by atoms with van der Waals surface area (Å²) in [5, 5.41) is 0. The number of esters is 1. The molecule has 0 unspecified atom stereocenters. The maximum Gasteiger partial charge on any atom is 0.330 e. The van der Waals surface area contributed by atoms with Crippen molar-refractivity contribution in [2.75, 3.05) is 32.8 Å². The zero-order valence-corrected chi connectivity index (χ0v) is 35.7. The van der Waals surface area contributed by atoms with Gasteiger partial charge in [-0.05, 0) is 38.5 Å². The van der Waals surface area contributed by atoms with Crippen molar-refractivity contribution >= 4 is 5.97 Å². The van der Waals surface area contributed by atoms with Crippen LogP contribution in [-0.2, 0) is 9.53 Å². The minimum Gasteiger partial charge on any atom is -0.457 e. The number of carbonyl (C=O) groups is 1. The van der Waals surface area contributed by atoms with E-state index in [1.165, 1.54) is 263 Å². The Morgan fingerprint density at radius 3 is 0.804 bits per heavy atom. The second-order valence-electron chi connectivity index (χ2n) is 16.6. The van der Waals surface area contributed by atoms with Gasteiger partial charge < -0.3 is 9.22 Å². The van der Waals surface area contributed by atoms with E-state index in [1.54, 1.807) is 0 Å². The van der Waals surface area contributed by atoms with Gasteiger partial charge in [0.25, 0.3) is 0 Å². The number of nitrogens with zero attached hydrogens (tertiary/aromatic N) is 1. The Morgan fingerprint density at radius 1 is 0.373 bits per heavy atom. The van der Waals surface area contributed by atoms with Gasteiger partial charge in [0, 0.05) is 6.08 Å². The van der Waals surface area contributed by atoms with E-state index in [-0.39, 0.29) is 5.97 Å². The molecule has 0 aliphatic carbocycles. The Labute approximate surface area is 322 Å². The number of unbranched alkanes of at least 4 members (excludes halogenated alkanes) is 34. The summed E-state index contributed by atoms with van der Waals surface area (Å²) in [6.07, 6.45) is 53.3. The van der Waals surface area contributed by atoms with E-state index in [9.17, 15) is 4.79 Å². The van der Waals surface area contributed by atoms with Gasteiger partial charge >= 0.3 is 5.97 Å². The second-order valence-corrected chi connectivity index (χ2v) is 16.6. The molecular formula is C48H96NO2+. The number of ether oxygens (including phenoxy) is 1. The average molecular weight is 719 g/mol. The third-order valence-electron chi connectivity index (χ3n) is 11.7. The Hall–Kier alpha value is -0.830. The lowest BCUT2D eigenvalue weighted by Gasteiger charge is -2.39. The zero-order chi connectivity index (χ0) is 37.2. The molecule has 0 radical (unpaired) electrons. The maximum absolute atomic E-state index is 12.0. The molecule has 3 nitrogen and oxygen atoms in total. The quantitative estimate of drug-likeness (QED) is 0.0271. The number of hydrogen-bond acceptors (Lipinski definition) is 2. The lowest BCUT2D eigenvalue weighted by molar-refractivity contribution is -0.929. The van der Waals surface area contributed by atoms with Gasteiger partial charge in [-0.1, -0.05) is 226 Å². The Bertz CT molecular complexity index is 663. The molecule has 0 bridgehead atoms. The SMILES string of the molecule is C=CC(=O)OCC[N+](CCCCCCCCCCCCCC)(CCCCCCCCCCCCCC)CCCCCCCCCCCCCCC. The minimum absolute atomic E-state index is 0.259. The van der Waals surface area contributed by atoms with Gasteiger partial charge in [0.15, 0.2) is 0 Å². The lowest BCUT2D eigenvalue weighted by Crippen LogP contribution is -2.52. The maximum atomic E-state index is 12.0. The van der Waals surface area contributed by atoms with Gasteiger partial charge in [0.1, 0.15) is 13.2 Å². The molecule has 0 fully saturated rings. The monoisotopic (exact) mass is 719 g/mol. The van der Waals surface area contributed by atoms with E-state index in [4.69, 9.17) is 4.74 Å². The number of rotatable bonds is 44. The number of quaternary nitrogens is 1. The summed E-state index contributed by atoms with van der Waals surface area (Å²) < 4.78 is 6.78.